The molecular formula is C18H19NO2. The van der Waals surface area contributed by atoms with Crippen LogP contribution in [0, 0.1) is 0 Å². The van der Waals surface area contributed by atoms with Gasteiger partial charge < -0.3 is 10.5 Å². The highest BCUT2D eigenvalue weighted by Gasteiger charge is 2.27. The predicted molar refractivity (Wildman–Crippen MR) is 82.8 cm³/mol. The molecule has 1 aliphatic rings. The molecular weight excluding hydrogens is 262 g/mol. The molecule has 0 radical (unpaired) electrons. The molecule has 2 aromatic rings. The Balaban J connectivity index is 1.73. The summed E-state index contributed by atoms with van der Waals surface area (Å²) in [6, 6.07) is 15.6. The summed E-state index contributed by atoms with van der Waals surface area (Å²) in [5, 5.41) is 0. The minimum absolute atomic E-state index is 0.148. The first kappa shape index (κ1) is 13.7. The Labute approximate surface area is 124 Å². The summed E-state index contributed by atoms with van der Waals surface area (Å²) in [5.41, 5.74) is 9.83. The smallest absolute Gasteiger partial charge is 0.313 e. The second-order valence-corrected chi connectivity index (χ2v) is 5.50. The monoisotopic (exact) mass is 281 g/mol. The highest BCUT2D eigenvalue weighted by atomic mass is 16.5. The van der Waals surface area contributed by atoms with Crippen LogP contribution in [-0.2, 0) is 22.6 Å². The number of rotatable bonds is 3. The van der Waals surface area contributed by atoms with Crippen LogP contribution in [0.2, 0.25) is 0 Å². The van der Waals surface area contributed by atoms with E-state index in [1.54, 1.807) is 0 Å². The fraction of sp³-hybridized carbons (Fsp3) is 0.278. The van der Waals surface area contributed by atoms with Gasteiger partial charge in [-0.25, -0.2) is 0 Å². The third kappa shape index (κ3) is 3.07. The summed E-state index contributed by atoms with van der Waals surface area (Å²) in [7, 11) is 0. The first-order valence-corrected chi connectivity index (χ1v) is 7.33. The first-order valence-electron chi connectivity index (χ1n) is 7.33. The number of carbonyl (C=O) groups is 1. The van der Waals surface area contributed by atoms with E-state index >= 15 is 0 Å². The topological polar surface area (TPSA) is 52.3 Å². The molecule has 0 fully saturated rings. The van der Waals surface area contributed by atoms with Crippen molar-refractivity contribution in [2.24, 2.45) is 0 Å². The van der Waals surface area contributed by atoms with Gasteiger partial charge in [-0.2, -0.15) is 0 Å². The maximum atomic E-state index is 12.4. The molecule has 0 aliphatic heterocycles. The zero-order valence-electron chi connectivity index (χ0n) is 11.9. The van der Waals surface area contributed by atoms with Gasteiger partial charge in [0.2, 0.25) is 0 Å². The number of carbonyl (C=O) groups excluding carboxylic acids is 1. The molecule has 0 heterocycles. The lowest BCUT2D eigenvalue weighted by molar-refractivity contribution is -0.147. The van der Waals surface area contributed by atoms with E-state index in [4.69, 9.17) is 10.5 Å². The number of hydrogen-bond acceptors (Lipinski definition) is 3. The molecule has 0 saturated heterocycles. The lowest BCUT2D eigenvalue weighted by Crippen LogP contribution is -2.21. The summed E-state index contributed by atoms with van der Waals surface area (Å²) in [4.78, 5) is 12.4. The molecule has 0 bridgehead atoms. The van der Waals surface area contributed by atoms with Gasteiger partial charge in [0.1, 0.15) is 6.61 Å². The van der Waals surface area contributed by atoms with Gasteiger partial charge in [0, 0.05) is 5.69 Å². The van der Waals surface area contributed by atoms with Gasteiger partial charge in [0.05, 0.1) is 5.92 Å². The standard InChI is InChI=1S/C18H19NO2/c19-15-10-9-14-7-4-8-16(17(14)11-15)18(20)21-12-13-5-2-1-3-6-13/h1-3,5-6,9-11,16H,4,7-8,12,19H2. The van der Waals surface area contributed by atoms with E-state index in [0.29, 0.717) is 12.3 Å². The highest BCUT2D eigenvalue weighted by Crippen LogP contribution is 2.33. The number of aryl methyl sites for hydroxylation is 1. The molecule has 1 unspecified atom stereocenters. The SMILES string of the molecule is Nc1ccc2c(c1)C(C(=O)OCc1ccccc1)CCC2. The Hall–Kier alpha value is -2.29. The fourth-order valence-electron chi connectivity index (χ4n) is 2.89. The summed E-state index contributed by atoms with van der Waals surface area (Å²) in [5.74, 6) is -0.327. The Morgan fingerprint density at radius 3 is 2.81 bits per heavy atom. The molecule has 21 heavy (non-hydrogen) atoms. The minimum Gasteiger partial charge on any atom is -0.460 e. The maximum Gasteiger partial charge on any atom is 0.313 e. The van der Waals surface area contributed by atoms with Gasteiger partial charge in [0.15, 0.2) is 0 Å². The molecule has 1 aliphatic carbocycles. The Bertz CT molecular complexity index is 637. The van der Waals surface area contributed by atoms with Crippen LogP contribution in [-0.4, -0.2) is 5.97 Å². The quantitative estimate of drug-likeness (QED) is 0.692. The number of nitrogens with two attached hydrogens (primary N) is 1. The Kier molecular flexibility index (Phi) is 3.91. The molecule has 0 saturated carbocycles. The Morgan fingerprint density at radius 2 is 2.00 bits per heavy atom. The van der Waals surface area contributed by atoms with Crippen molar-refractivity contribution >= 4 is 11.7 Å². The van der Waals surface area contributed by atoms with Crippen molar-refractivity contribution in [1.82, 2.24) is 0 Å². The van der Waals surface area contributed by atoms with Crippen LogP contribution in [0.1, 0.15) is 35.4 Å². The third-order valence-electron chi connectivity index (χ3n) is 3.99. The third-order valence-corrected chi connectivity index (χ3v) is 3.99. The van der Waals surface area contributed by atoms with Gasteiger partial charge in [0.25, 0.3) is 0 Å². The predicted octanol–water partition coefficient (Wildman–Crippen LogP) is 3.43. The van der Waals surface area contributed by atoms with Crippen molar-refractivity contribution in [2.45, 2.75) is 31.8 Å². The van der Waals surface area contributed by atoms with E-state index in [1.807, 2.05) is 48.5 Å². The molecule has 1 atom stereocenters. The molecule has 0 aromatic heterocycles. The van der Waals surface area contributed by atoms with Gasteiger partial charge in [-0.3, -0.25) is 4.79 Å². The number of anilines is 1. The molecule has 108 valence electrons. The molecule has 0 amide bonds. The van der Waals surface area contributed by atoms with E-state index in [2.05, 4.69) is 0 Å². The number of hydrogen-bond donors (Lipinski definition) is 1. The van der Waals surface area contributed by atoms with Crippen LogP contribution < -0.4 is 5.73 Å². The van der Waals surface area contributed by atoms with Crippen molar-refractivity contribution in [1.29, 1.82) is 0 Å². The van der Waals surface area contributed by atoms with Crippen LogP contribution in [0.3, 0.4) is 0 Å². The second-order valence-electron chi connectivity index (χ2n) is 5.50. The van der Waals surface area contributed by atoms with E-state index in [9.17, 15) is 4.79 Å². The van der Waals surface area contributed by atoms with E-state index in [-0.39, 0.29) is 11.9 Å². The van der Waals surface area contributed by atoms with Crippen molar-refractivity contribution in [3.05, 3.63) is 65.2 Å². The van der Waals surface area contributed by atoms with E-state index < -0.39 is 0 Å². The molecule has 2 N–H and O–H groups in total. The summed E-state index contributed by atoms with van der Waals surface area (Å²) in [6.07, 6.45) is 2.87. The minimum atomic E-state index is -0.180. The van der Waals surface area contributed by atoms with Gasteiger partial charge in [-0.15, -0.1) is 0 Å². The van der Waals surface area contributed by atoms with E-state index in [0.717, 1.165) is 30.4 Å². The normalized spacial score (nSPS) is 17.0. The van der Waals surface area contributed by atoms with Gasteiger partial charge in [-0.05, 0) is 48.1 Å². The zero-order chi connectivity index (χ0) is 14.7. The largest absolute Gasteiger partial charge is 0.460 e. The van der Waals surface area contributed by atoms with E-state index in [1.165, 1.54) is 5.56 Å². The Morgan fingerprint density at radius 1 is 1.19 bits per heavy atom. The van der Waals surface area contributed by atoms with Crippen molar-refractivity contribution in [3.8, 4) is 0 Å². The zero-order valence-corrected chi connectivity index (χ0v) is 11.9. The first-order chi connectivity index (χ1) is 10.2. The lowest BCUT2D eigenvalue weighted by Gasteiger charge is -2.24. The van der Waals surface area contributed by atoms with Gasteiger partial charge >= 0.3 is 5.97 Å². The van der Waals surface area contributed by atoms with Crippen LogP contribution >= 0.6 is 0 Å². The van der Waals surface area contributed by atoms with Crippen molar-refractivity contribution in [3.63, 3.8) is 0 Å². The molecule has 3 rings (SSSR count). The number of ether oxygens (including phenoxy) is 1. The highest BCUT2D eigenvalue weighted by molar-refractivity contribution is 5.79. The van der Waals surface area contributed by atoms with Crippen molar-refractivity contribution < 1.29 is 9.53 Å². The summed E-state index contributed by atoms with van der Waals surface area (Å²) < 4.78 is 5.48. The average Bonchev–Trinajstić information content (AvgIpc) is 2.53. The maximum absolute atomic E-state index is 12.4. The molecule has 0 spiro atoms. The van der Waals surface area contributed by atoms with Crippen LogP contribution in [0.25, 0.3) is 0 Å². The number of esters is 1. The van der Waals surface area contributed by atoms with Gasteiger partial charge in [-0.1, -0.05) is 36.4 Å². The summed E-state index contributed by atoms with van der Waals surface area (Å²) in [6.45, 7) is 0.327. The van der Waals surface area contributed by atoms with Crippen LogP contribution in [0.4, 0.5) is 5.69 Å². The molecule has 3 nitrogen and oxygen atoms in total. The fourth-order valence-corrected chi connectivity index (χ4v) is 2.89. The number of nitrogen functional groups attached to an aromatic ring is 1. The molecule has 2 aromatic carbocycles. The average molecular weight is 281 g/mol. The van der Waals surface area contributed by atoms with Crippen molar-refractivity contribution in [2.75, 3.05) is 5.73 Å². The lowest BCUT2D eigenvalue weighted by atomic mass is 9.82. The number of benzene rings is 2. The second kappa shape index (κ2) is 6.00. The van der Waals surface area contributed by atoms with Crippen LogP contribution in [0.15, 0.2) is 48.5 Å². The molecule has 3 heteroatoms. The van der Waals surface area contributed by atoms with Crippen LogP contribution in [0.5, 0.6) is 0 Å². The number of fused-ring (bicyclic) bond motifs is 1. The summed E-state index contributed by atoms with van der Waals surface area (Å²) >= 11 is 0.